The lowest BCUT2D eigenvalue weighted by molar-refractivity contribution is 1.19. The second-order valence-corrected chi connectivity index (χ2v) is 6.58. The Morgan fingerprint density at radius 3 is 1.92 bits per heavy atom. The highest BCUT2D eigenvalue weighted by atomic mass is 14.8. The SMILES string of the molecule is CC1=Cc2nc1cc1ccc(cc3ccc(cc4ccc([nH]4)c2=N)[nH]3)[nH]1. The molecule has 5 rings (SSSR count). The summed E-state index contributed by atoms with van der Waals surface area (Å²) in [4.78, 5) is 14.7. The molecule has 26 heavy (non-hydrogen) atoms. The van der Waals surface area contributed by atoms with Crippen LogP contribution in [0.5, 0.6) is 0 Å². The molecule has 1 aliphatic rings. The number of hydrogen-bond donors (Lipinski definition) is 4. The van der Waals surface area contributed by atoms with Crippen molar-refractivity contribution in [2.24, 2.45) is 0 Å². The predicted octanol–water partition coefficient (Wildman–Crippen LogP) is 4.57. The number of aromatic nitrogens is 4. The fourth-order valence-electron chi connectivity index (χ4n) is 3.26. The lowest BCUT2D eigenvalue weighted by atomic mass is 10.2. The van der Waals surface area contributed by atoms with Crippen LogP contribution < -0.4 is 5.36 Å². The van der Waals surface area contributed by atoms with Crippen LogP contribution in [0.1, 0.15) is 18.3 Å². The van der Waals surface area contributed by atoms with Crippen molar-refractivity contribution in [2.75, 3.05) is 0 Å². The Hall–Kier alpha value is -3.60. The summed E-state index contributed by atoms with van der Waals surface area (Å²) in [5, 5.41) is 8.89. The molecule has 5 nitrogen and oxygen atoms in total. The van der Waals surface area contributed by atoms with Crippen molar-refractivity contribution in [3.63, 3.8) is 0 Å². The van der Waals surface area contributed by atoms with E-state index < -0.39 is 0 Å². The van der Waals surface area contributed by atoms with Gasteiger partial charge in [-0.05, 0) is 73.2 Å². The van der Waals surface area contributed by atoms with Gasteiger partial charge in [-0.2, -0.15) is 0 Å². The first kappa shape index (κ1) is 14.7. The van der Waals surface area contributed by atoms with Gasteiger partial charge in [0, 0.05) is 27.6 Å². The molecule has 0 aromatic carbocycles. The largest absolute Gasteiger partial charge is 0.355 e. The van der Waals surface area contributed by atoms with E-state index in [9.17, 15) is 0 Å². The number of H-pyrrole nitrogens is 3. The second kappa shape index (κ2) is 5.46. The molecule has 0 saturated carbocycles. The minimum Gasteiger partial charge on any atom is -0.355 e. The molecule has 0 spiro atoms. The van der Waals surface area contributed by atoms with Crippen LogP contribution in [0.25, 0.3) is 44.7 Å². The maximum absolute atomic E-state index is 8.49. The zero-order valence-electron chi connectivity index (χ0n) is 14.2. The van der Waals surface area contributed by atoms with E-state index in [1.165, 1.54) is 0 Å². The summed E-state index contributed by atoms with van der Waals surface area (Å²) in [5.41, 5.74) is 8.36. The molecule has 4 aromatic heterocycles. The molecule has 4 aromatic rings. The van der Waals surface area contributed by atoms with Gasteiger partial charge in [0.15, 0.2) is 0 Å². The topological polar surface area (TPSA) is 84.1 Å². The van der Waals surface area contributed by atoms with Crippen LogP contribution in [0, 0.1) is 5.41 Å². The first-order chi connectivity index (χ1) is 12.6. The van der Waals surface area contributed by atoms with Gasteiger partial charge < -0.3 is 15.0 Å². The summed E-state index contributed by atoms with van der Waals surface area (Å²) in [6.07, 6.45) is 1.96. The quantitative estimate of drug-likeness (QED) is 0.372. The summed E-state index contributed by atoms with van der Waals surface area (Å²) >= 11 is 0. The van der Waals surface area contributed by atoms with Crippen molar-refractivity contribution in [3.05, 3.63) is 71.3 Å². The molecule has 5 heteroatoms. The number of nitrogens with one attached hydrogen (secondary N) is 4. The molecule has 0 amide bonds. The molecule has 126 valence electrons. The van der Waals surface area contributed by atoms with Gasteiger partial charge in [-0.25, -0.2) is 4.98 Å². The second-order valence-electron chi connectivity index (χ2n) is 6.58. The van der Waals surface area contributed by atoms with Gasteiger partial charge >= 0.3 is 0 Å². The average molecular weight is 339 g/mol. The van der Waals surface area contributed by atoms with Crippen LogP contribution in [-0.2, 0) is 0 Å². The van der Waals surface area contributed by atoms with Crippen LogP contribution in [-0.4, -0.2) is 19.9 Å². The Morgan fingerprint density at radius 2 is 1.27 bits per heavy atom. The molecule has 0 unspecified atom stereocenters. The summed E-state index contributed by atoms with van der Waals surface area (Å²) in [7, 11) is 0. The van der Waals surface area contributed by atoms with Crippen molar-refractivity contribution in [3.8, 4) is 0 Å². The van der Waals surface area contributed by atoms with E-state index in [0.717, 1.165) is 44.4 Å². The lowest BCUT2D eigenvalue weighted by Crippen LogP contribution is -2.03. The molecule has 0 fully saturated rings. The zero-order valence-corrected chi connectivity index (χ0v) is 14.2. The first-order valence-corrected chi connectivity index (χ1v) is 8.49. The van der Waals surface area contributed by atoms with Gasteiger partial charge in [0.1, 0.15) is 5.36 Å². The van der Waals surface area contributed by atoms with Gasteiger partial charge in [-0.3, -0.25) is 5.41 Å². The number of rotatable bonds is 0. The average Bonchev–Trinajstić information content (AvgIpc) is 3.38. The Balaban J connectivity index is 1.93. The highest BCUT2D eigenvalue weighted by molar-refractivity contribution is 5.83. The summed E-state index contributed by atoms with van der Waals surface area (Å²) in [5.74, 6) is 0. The van der Waals surface area contributed by atoms with Gasteiger partial charge in [0.05, 0.1) is 16.9 Å². The van der Waals surface area contributed by atoms with Gasteiger partial charge in [0.25, 0.3) is 0 Å². The van der Waals surface area contributed by atoms with E-state index >= 15 is 0 Å². The predicted molar refractivity (Wildman–Crippen MR) is 106 cm³/mol. The Morgan fingerprint density at radius 1 is 0.731 bits per heavy atom. The van der Waals surface area contributed by atoms with Crippen LogP contribution in [0.4, 0.5) is 0 Å². The monoisotopic (exact) mass is 339 g/mol. The van der Waals surface area contributed by atoms with Crippen LogP contribution >= 0.6 is 0 Å². The fourth-order valence-corrected chi connectivity index (χ4v) is 3.26. The summed E-state index contributed by atoms with van der Waals surface area (Å²) in [6, 6.07) is 18.2. The fraction of sp³-hybridized carbons (Fsp3) is 0.0476. The molecule has 8 bridgehead atoms. The van der Waals surface area contributed by atoms with E-state index in [1.54, 1.807) is 0 Å². The van der Waals surface area contributed by atoms with Crippen molar-refractivity contribution < 1.29 is 0 Å². The zero-order chi connectivity index (χ0) is 17.7. The van der Waals surface area contributed by atoms with Crippen LogP contribution in [0.15, 0.2) is 54.6 Å². The first-order valence-electron chi connectivity index (χ1n) is 8.49. The number of fused-ring (bicyclic) bond motifs is 8. The number of aromatic amines is 3. The maximum atomic E-state index is 8.49. The van der Waals surface area contributed by atoms with Crippen molar-refractivity contribution in [1.29, 1.82) is 5.41 Å². The molecule has 0 saturated heterocycles. The van der Waals surface area contributed by atoms with Gasteiger partial charge in [-0.15, -0.1) is 0 Å². The maximum Gasteiger partial charge on any atom is 0.103 e. The number of nitrogens with zero attached hydrogens (tertiary/aromatic N) is 1. The third-order valence-corrected chi connectivity index (χ3v) is 4.61. The summed E-state index contributed by atoms with van der Waals surface area (Å²) < 4.78 is 0. The van der Waals surface area contributed by atoms with Crippen LogP contribution in [0.3, 0.4) is 0 Å². The Labute approximate surface area is 148 Å². The third-order valence-electron chi connectivity index (χ3n) is 4.61. The Kier molecular flexibility index (Phi) is 3.09. The van der Waals surface area contributed by atoms with Crippen molar-refractivity contribution >= 4 is 44.7 Å². The van der Waals surface area contributed by atoms with E-state index in [2.05, 4.69) is 32.1 Å². The summed E-state index contributed by atoms with van der Waals surface area (Å²) in [6.45, 7) is 2.02. The lowest BCUT2D eigenvalue weighted by Gasteiger charge is -1.88. The van der Waals surface area contributed by atoms with E-state index in [0.29, 0.717) is 11.1 Å². The van der Waals surface area contributed by atoms with Crippen LogP contribution in [0.2, 0.25) is 0 Å². The molecule has 4 N–H and O–H groups in total. The smallest absolute Gasteiger partial charge is 0.103 e. The van der Waals surface area contributed by atoms with Crippen molar-refractivity contribution in [2.45, 2.75) is 6.92 Å². The van der Waals surface area contributed by atoms with E-state index in [-0.39, 0.29) is 0 Å². The molecule has 1 aliphatic heterocycles. The minimum absolute atomic E-state index is 0.396. The molecule has 0 aliphatic carbocycles. The minimum atomic E-state index is 0.396. The number of hydrogen-bond acceptors (Lipinski definition) is 2. The van der Waals surface area contributed by atoms with Gasteiger partial charge in [0.2, 0.25) is 0 Å². The normalized spacial score (nSPS) is 12.4. The standard InChI is InChI=1S/C21H17N5/c1-12-8-20-21(22)18-7-6-16(25-18)10-15-3-2-13(23-15)9-14-4-5-17(24-14)11-19(12)26-20/h2-11,22-25H,1H3. The molecular weight excluding hydrogens is 322 g/mol. The van der Waals surface area contributed by atoms with E-state index in [4.69, 9.17) is 5.41 Å². The third kappa shape index (κ3) is 2.50. The molecule has 0 radical (unpaired) electrons. The molecule has 5 heterocycles. The highest BCUT2D eigenvalue weighted by Gasteiger charge is 2.07. The number of allylic oxidation sites excluding steroid dienone is 1. The van der Waals surface area contributed by atoms with Gasteiger partial charge in [-0.1, -0.05) is 0 Å². The highest BCUT2D eigenvalue weighted by Crippen LogP contribution is 2.19. The van der Waals surface area contributed by atoms with E-state index in [1.807, 2.05) is 55.5 Å². The Bertz CT molecular complexity index is 1360. The molecule has 0 atom stereocenters. The van der Waals surface area contributed by atoms with Crippen molar-refractivity contribution in [1.82, 2.24) is 19.9 Å². The molecular formula is C21H17N5.